The zero-order valence-electron chi connectivity index (χ0n) is 11.4. The summed E-state index contributed by atoms with van der Waals surface area (Å²) >= 11 is 0. The van der Waals surface area contributed by atoms with Gasteiger partial charge in [0.05, 0.1) is 19.1 Å². The Labute approximate surface area is 119 Å². The summed E-state index contributed by atoms with van der Waals surface area (Å²) in [5.41, 5.74) is 0. The Hall–Kier alpha value is -1.35. The van der Waals surface area contributed by atoms with Crippen molar-refractivity contribution >= 4 is 11.9 Å². The number of ether oxygens (including phenoxy) is 2. The number of aliphatic carboxylic acids is 1. The van der Waals surface area contributed by atoms with Crippen LogP contribution in [0.2, 0.25) is 0 Å². The third-order valence-electron chi connectivity index (χ3n) is 2.96. The largest absolute Gasteiger partial charge is 0.480 e. The number of amides is 1. The highest BCUT2D eigenvalue weighted by Gasteiger charge is 2.28. The predicted octanol–water partition coefficient (Wildman–Crippen LogP) is 1.05. The van der Waals surface area contributed by atoms with Gasteiger partial charge in [0.15, 0.2) is 0 Å². The smallest absolute Gasteiger partial charge is 0.411 e. The molecule has 0 atom stereocenters. The van der Waals surface area contributed by atoms with E-state index in [1.165, 1.54) is 4.90 Å². The van der Waals surface area contributed by atoms with Crippen molar-refractivity contribution in [3.8, 4) is 0 Å². The quantitative estimate of drug-likeness (QED) is 0.711. The molecule has 0 aliphatic carbocycles. The highest BCUT2D eigenvalue weighted by atomic mass is 19.4. The molecule has 0 bridgehead atoms. The van der Waals surface area contributed by atoms with Crippen LogP contribution in [0.5, 0.6) is 0 Å². The first kappa shape index (κ1) is 17.7. The van der Waals surface area contributed by atoms with Crippen molar-refractivity contribution in [1.82, 2.24) is 4.90 Å². The van der Waals surface area contributed by atoms with Crippen molar-refractivity contribution in [3.05, 3.63) is 0 Å². The van der Waals surface area contributed by atoms with E-state index in [1.54, 1.807) is 0 Å². The number of alkyl halides is 3. The number of carbonyl (C=O) groups is 2. The van der Waals surface area contributed by atoms with Crippen LogP contribution in [-0.2, 0) is 19.1 Å². The van der Waals surface area contributed by atoms with E-state index in [0.717, 1.165) is 0 Å². The van der Waals surface area contributed by atoms with Gasteiger partial charge < -0.3 is 19.5 Å². The number of carboxylic acids is 1. The van der Waals surface area contributed by atoms with Crippen LogP contribution < -0.4 is 0 Å². The van der Waals surface area contributed by atoms with Gasteiger partial charge in [-0.2, -0.15) is 13.2 Å². The molecule has 0 spiro atoms. The molecule has 1 aliphatic rings. The summed E-state index contributed by atoms with van der Waals surface area (Å²) in [6, 6.07) is 0. The van der Waals surface area contributed by atoms with Crippen molar-refractivity contribution in [2.24, 2.45) is 0 Å². The molecule has 1 saturated heterocycles. The maximum Gasteiger partial charge on any atom is 0.411 e. The molecule has 0 aromatic heterocycles. The van der Waals surface area contributed by atoms with Gasteiger partial charge in [-0.1, -0.05) is 0 Å². The zero-order valence-corrected chi connectivity index (χ0v) is 11.4. The van der Waals surface area contributed by atoms with E-state index in [1.807, 2.05) is 0 Å². The van der Waals surface area contributed by atoms with Crippen molar-refractivity contribution in [2.75, 3.05) is 32.9 Å². The van der Waals surface area contributed by atoms with Crippen LogP contribution in [-0.4, -0.2) is 67.1 Å². The van der Waals surface area contributed by atoms with Gasteiger partial charge in [-0.25, -0.2) is 4.79 Å². The van der Waals surface area contributed by atoms with E-state index in [9.17, 15) is 22.8 Å². The Morgan fingerprint density at radius 3 is 2.38 bits per heavy atom. The normalized spacial score (nSPS) is 17.0. The van der Waals surface area contributed by atoms with Crippen molar-refractivity contribution < 1.29 is 37.3 Å². The molecular weight excluding hydrogens is 295 g/mol. The molecule has 1 aliphatic heterocycles. The minimum absolute atomic E-state index is 0.100. The van der Waals surface area contributed by atoms with E-state index in [4.69, 9.17) is 9.84 Å². The lowest BCUT2D eigenvalue weighted by Crippen LogP contribution is -2.41. The summed E-state index contributed by atoms with van der Waals surface area (Å²) in [6.07, 6.45) is -3.66. The van der Waals surface area contributed by atoms with Gasteiger partial charge in [0.1, 0.15) is 13.2 Å². The third kappa shape index (κ3) is 7.86. The molecule has 0 aromatic rings. The summed E-state index contributed by atoms with van der Waals surface area (Å²) in [6.45, 7) is -1.19. The van der Waals surface area contributed by atoms with Gasteiger partial charge in [0.2, 0.25) is 5.91 Å². The zero-order chi connectivity index (χ0) is 15.9. The standard InChI is InChI=1S/C12H18F3NO5/c13-12(14,15)8-20-6-3-10(17)16-4-1-9(2-5-16)21-7-11(18)19/h9H,1-8H2,(H,18,19). The van der Waals surface area contributed by atoms with Crippen LogP contribution >= 0.6 is 0 Å². The van der Waals surface area contributed by atoms with Gasteiger partial charge in [-0.15, -0.1) is 0 Å². The summed E-state index contributed by atoms with van der Waals surface area (Å²) in [7, 11) is 0. The molecule has 1 rings (SSSR count). The van der Waals surface area contributed by atoms with Crippen molar-refractivity contribution in [3.63, 3.8) is 0 Å². The summed E-state index contributed by atoms with van der Waals surface area (Å²) < 4.78 is 45.0. The predicted molar refractivity (Wildman–Crippen MR) is 64.7 cm³/mol. The maximum absolute atomic E-state index is 11.8. The van der Waals surface area contributed by atoms with Gasteiger partial charge in [0.25, 0.3) is 0 Å². The summed E-state index contributed by atoms with van der Waals surface area (Å²) in [5.74, 6) is -1.32. The van der Waals surface area contributed by atoms with Crippen LogP contribution in [0.15, 0.2) is 0 Å². The second-order valence-corrected chi connectivity index (χ2v) is 4.70. The first-order chi connectivity index (χ1) is 9.78. The number of rotatable bonds is 7. The fraction of sp³-hybridized carbons (Fsp3) is 0.833. The number of hydrogen-bond acceptors (Lipinski definition) is 4. The number of likely N-dealkylation sites (tertiary alicyclic amines) is 1. The van der Waals surface area contributed by atoms with E-state index < -0.39 is 18.8 Å². The van der Waals surface area contributed by atoms with Crippen LogP contribution in [0.3, 0.4) is 0 Å². The molecule has 1 N–H and O–H groups in total. The van der Waals surface area contributed by atoms with Crippen LogP contribution in [0.1, 0.15) is 19.3 Å². The Morgan fingerprint density at radius 2 is 1.86 bits per heavy atom. The van der Waals surface area contributed by atoms with E-state index in [0.29, 0.717) is 25.9 Å². The van der Waals surface area contributed by atoms with Crippen LogP contribution in [0.4, 0.5) is 13.2 Å². The molecular formula is C12H18F3NO5. The maximum atomic E-state index is 11.8. The number of hydrogen-bond donors (Lipinski definition) is 1. The number of carboxylic acid groups (broad SMARTS) is 1. The fourth-order valence-corrected chi connectivity index (χ4v) is 1.97. The molecule has 21 heavy (non-hydrogen) atoms. The fourth-order valence-electron chi connectivity index (χ4n) is 1.97. The first-order valence-electron chi connectivity index (χ1n) is 6.53. The minimum atomic E-state index is -4.39. The van der Waals surface area contributed by atoms with Gasteiger partial charge in [-0.3, -0.25) is 4.79 Å². The molecule has 122 valence electrons. The van der Waals surface area contributed by atoms with E-state index in [2.05, 4.69) is 4.74 Å². The number of halogens is 3. The number of nitrogens with zero attached hydrogens (tertiary/aromatic N) is 1. The third-order valence-corrected chi connectivity index (χ3v) is 2.96. The van der Waals surface area contributed by atoms with Gasteiger partial charge >= 0.3 is 12.1 Å². The average molecular weight is 313 g/mol. The minimum Gasteiger partial charge on any atom is -0.480 e. The highest BCUT2D eigenvalue weighted by molar-refractivity contribution is 5.76. The second-order valence-electron chi connectivity index (χ2n) is 4.70. The van der Waals surface area contributed by atoms with Gasteiger partial charge in [-0.05, 0) is 12.8 Å². The molecule has 1 amide bonds. The van der Waals surface area contributed by atoms with Crippen LogP contribution in [0.25, 0.3) is 0 Å². The number of carbonyl (C=O) groups excluding carboxylic acids is 1. The lowest BCUT2D eigenvalue weighted by molar-refractivity contribution is -0.175. The molecule has 6 nitrogen and oxygen atoms in total. The Kier molecular flexibility index (Phi) is 6.90. The summed E-state index contributed by atoms with van der Waals surface area (Å²) in [5, 5.41) is 8.48. The van der Waals surface area contributed by atoms with E-state index >= 15 is 0 Å². The molecule has 9 heteroatoms. The second kappa shape index (κ2) is 8.18. The molecule has 0 saturated carbocycles. The highest BCUT2D eigenvalue weighted by Crippen LogP contribution is 2.16. The summed E-state index contributed by atoms with van der Waals surface area (Å²) in [4.78, 5) is 23.6. The Balaban J connectivity index is 2.15. The first-order valence-corrected chi connectivity index (χ1v) is 6.53. The average Bonchev–Trinajstić information content (AvgIpc) is 2.40. The van der Waals surface area contributed by atoms with Crippen molar-refractivity contribution in [1.29, 1.82) is 0 Å². The Morgan fingerprint density at radius 1 is 1.24 bits per heavy atom. The molecule has 0 unspecified atom stereocenters. The molecule has 1 fully saturated rings. The Bertz CT molecular complexity index is 353. The van der Waals surface area contributed by atoms with Gasteiger partial charge in [0, 0.05) is 13.1 Å². The molecule has 1 heterocycles. The SMILES string of the molecule is O=C(O)COC1CCN(C(=O)CCOCC(F)(F)F)CC1. The molecule has 0 aromatic carbocycles. The molecule has 0 radical (unpaired) electrons. The lowest BCUT2D eigenvalue weighted by Gasteiger charge is -2.31. The van der Waals surface area contributed by atoms with Crippen molar-refractivity contribution in [2.45, 2.75) is 31.5 Å². The topological polar surface area (TPSA) is 76.1 Å². The lowest BCUT2D eigenvalue weighted by atomic mass is 10.1. The number of piperidine rings is 1. The van der Waals surface area contributed by atoms with Crippen LogP contribution in [0, 0.1) is 0 Å². The monoisotopic (exact) mass is 313 g/mol. The van der Waals surface area contributed by atoms with E-state index in [-0.39, 0.29) is 31.6 Å².